The normalized spacial score (nSPS) is 26.8. The van der Waals surface area contributed by atoms with Gasteiger partial charge in [0.25, 0.3) is 0 Å². The summed E-state index contributed by atoms with van der Waals surface area (Å²) in [5.41, 5.74) is -0.836. The second-order valence-corrected chi connectivity index (χ2v) is 6.23. The number of amides is 1. The fraction of sp³-hybridized carbons (Fsp3) is 0.833. The van der Waals surface area contributed by atoms with Gasteiger partial charge >= 0.3 is 5.97 Å². The van der Waals surface area contributed by atoms with Gasteiger partial charge in [-0.25, -0.2) is 0 Å². The van der Waals surface area contributed by atoms with Crippen LogP contribution in [0.25, 0.3) is 0 Å². The number of ether oxygens (including phenoxy) is 1. The van der Waals surface area contributed by atoms with E-state index in [4.69, 9.17) is 4.74 Å². The van der Waals surface area contributed by atoms with Crippen LogP contribution in [-0.2, 0) is 14.3 Å². The number of carboxylic acids is 1. The maximum atomic E-state index is 11.9. The van der Waals surface area contributed by atoms with Crippen LogP contribution in [0.4, 0.5) is 0 Å². The Labute approximate surface area is 111 Å². The Hall–Kier alpha value is -0.750. The first-order chi connectivity index (χ1) is 8.64. The molecule has 1 amide bonds. The van der Waals surface area contributed by atoms with Crippen LogP contribution in [0, 0.1) is 5.41 Å². The molecule has 102 valence electrons. The molecule has 5 nitrogen and oxygen atoms in total. The first-order valence-electron chi connectivity index (χ1n) is 6.34. The van der Waals surface area contributed by atoms with Gasteiger partial charge in [0.1, 0.15) is 0 Å². The van der Waals surface area contributed by atoms with E-state index in [1.165, 1.54) is 0 Å². The fourth-order valence-corrected chi connectivity index (χ4v) is 3.57. The Kier molecular flexibility index (Phi) is 4.50. The average Bonchev–Trinajstić information content (AvgIpc) is 2.91. The van der Waals surface area contributed by atoms with Crippen LogP contribution < -0.4 is 5.32 Å². The first kappa shape index (κ1) is 13.7. The summed E-state index contributed by atoms with van der Waals surface area (Å²) in [7, 11) is 0. The number of aliphatic carboxylic acids is 1. The first-order valence-corrected chi connectivity index (χ1v) is 7.39. The number of carbonyl (C=O) groups is 2. The van der Waals surface area contributed by atoms with Crippen LogP contribution in [0.1, 0.15) is 25.7 Å². The van der Waals surface area contributed by atoms with E-state index in [0.717, 1.165) is 18.6 Å². The molecule has 0 aromatic heterocycles. The molecule has 2 aliphatic rings. The van der Waals surface area contributed by atoms with Gasteiger partial charge < -0.3 is 15.2 Å². The lowest BCUT2D eigenvalue weighted by Gasteiger charge is -2.33. The summed E-state index contributed by atoms with van der Waals surface area (Å²) in [4.78, 5) is 23.3. The average molecular weight is 273 g/mol. The lowest BCUT2D eigenvalue weighted by Crippen LogP contribution is -2.48. The molecular weight excluding hydrogens is 254 g/mol. The van der Waals surface area contributed by atoms with Gasteiger partial charge in [-0.3, -0.25) is 9.59 Å². The number of nitrogens with one attached hydrogen (secondary N) is 1. The smallest absolute Gasteiger partial charge is 0.311 e. The van der Waals surface area contributed by atoms with Crippen LogP contribution in [-0.4, -0.2) is 47.7 Å². The molecule has 0 spiro atoms. The molecule has 0 aliphatic carbocycles. The molecule has 2 rings (SSSR count). The lowest BCUT2D eigenvalue weighted by molar-refractivity contribution is -0.154. The maximum Gasteiger partial charge on any atom is 0.311 e. The summed E-state index contributed by atoms with van der Waals surface area (Å²) in [5.74, 6) is 0.186. The van der Waals surface area contributed by atoms with Crippen molar-refractivity contribution in [3.05, 3.63) is 0 Å². The van der Waals surface area contributed by atoms with Crippen LogP contribution in [0.15, 0.2) is 0 Å². The maximum absolute atomic E-state index is 11.9. The standard InChI is InChI=1S/C12H19NO4S/c14-10(9-2-1-7-18-9)13-8-12(11(15)16)3-5-17-6-4-12/h9H,1-8H2,(H,13,14)(H,15,16). The van der Waals surface area contributed by atoms with Crippen molar-refractivity contribution in [2.24, 2.45) is 5.41 Å². The number of thioether (sulfide) groups is 1. The quantitative estimate of drug-likeness (QED) is 0.795. The van der Waals surface area contributed by atoms with Crippen molar-refractivity contribution in [3.8, 4) is 0 Å². The number of carboxylic acid groups (broad SMARTS) is 1. The second-order valence-electron chi connectivity index (χ2n) is 4.92. The number of carbonyl (C=O) groups excluding carboxylic acids is 1. The zero-order valence-electron chi connectivity index (χ0n) is 10.3. The van der Waals surface area contributed by atoms with E-state index >= 15 is 0 Å². The summed E-state index contributed by atoms with van der Waals surface area (Å²) in [6.07, 6.45) is 2.92. The van der Waals surface area contributed by atoms with Crippen LogP contribution in [0.5, 0.6) is 0 Å². The number of hydrogen-bond acceptors (Lipinski definition) is 4. The van der Waals surface area contributed by atoms with Crippen molar-refractivity contribution < 1.29 is 19.4 Å². The van der Waals surface area contributed by atoms with Gasteiger partial charge in [-0.15, -0.1) is 11.8 Å². The van der Waals surface area contributed by atoms with E-state index in [9.17, 15) is 14.7 Å². The number of rotatable bonds is 4. The molecule has 1 atom stereocenters. The van der Waals surface area contributed by atoms with Crippen molar-refractivity contribution in [2.75, 3.05) is 25.5 Å². The molecule has 2 saturated heterocycles. The van der Waals surface area contributed by atoms with Gasteiger partial charge in [0.2, 0.25) is 5.91 Å². The van der Waals surface area contributed by atoms with E-state index < -0.39 is 11.4 Å². The third kappa shape index (κ3) is 2.98. The Bertz CT molecular complexity index is 322. The van der Waals surface area contributed by atoms with Gasteiger partial charge in [-0.05, 0) is 31.4 Å². The lowest BCUT2D eigenvalue weighted by atomic mass is 9.80. The van der Waals surface area contributed by atoms with E-state index in [1.807, 2.05) is 0 Å². The molecule has 0 saturated carbocycles. The molecule has 6 heteroatoms. The number of hydrogen-bond donors (Lipinski definition) is 2. The molecular formula is C12H19NO4S. The minimum Gasteiger partial charge on any atom is -0.481 e. The van der Waals surface area contributed by atoms with E-state index in [0.29, 0.717) is 26.1 Å². The van der Waals surface area contributed by atoms with Gasteiger partial charge in [0.15, 0.2) is 0 Å². The Morgan fingerprint density at radius 2 is 2.11 bits per heavy atom. The van der Waals surface area contributed by atoms with Gasteiger partial charge in [0, 0.05) is 19.8 Å². The third-order valence-electron chi connectivity index (χ3n) is 3.73. The molecule has 2 heterocycles. The highest BCUT2D eigenvalue weighted by Crippen LogP contribution is 2.31. The SMILES string of the molecule is O=C(NCC1(C(=O)O)CCOCC1)C1CCCS1. The molecule has 1 unspecified atom stereocenters. The van der Waals surface area contributed by atoms with E-state index in [1.54, 1.807) is 11.8 Å². The Balaban J connectivity index is 1.89. The van der Waals surface area contributed by atoms with Crippen LogP contribution >= 0.6 is 11.8 Å². The molecule has 0 radical (unpaired) electrons. The van der Waals surface area contributed by atoms with Crippen LogP contribution in [0.3, 0.4) is 0 Å². The molecule has 2 N–H and O–H groups in total. The molecule has 18 heavy (non-hydrogen) atoms. The molecule has 0 aromatic rings. The Morgan fingerprint density at radius 1 is 1.39 bits per heavy atom. The van der Waals surface area contributed by atoms with Crippen molar-refractivity contribution in [1.82, 2.24) is 5.32 Å². The predicted molar refractivity (Wildman–Crippen MR) is 68.6 cm³/mol. The van der Waals surface area contributed by atoms with Crippen molar-refractivity contribution in [3.63, 3.8) is 0 Å². The van der Waals surface area contributed by atoms with Gasteiger partial charge in [-0.1, -0.05) is 0 Å². The van der Waals surface area contributed by atoms with E-state index in [2.05, 4.69) is 5.32 Å². The summed E-state index contributed by atoms with van der Waals surface area (Å²) >= 11 is 1.66. The van der Waals surface area contributed by atoms with Gasteiger partial charge in [0.05, 0.1) is 10.7 Å². The molecule has 2 fully saturated rings. The predicted octanol–water partition coefficient (Wildman–Crippen LogP) is 0.880. The second kappa shape index (κ2) is 5.93. The van der Waals surface area contributed by atoms with Crippen molar-refractivity contribution in [1.29, 1.82) is 0 Å². The van der Waals surface area contributed by atoms with E-state index in [-0.39, 0.29) is 17.7 Å². The Morgan fingerprint density at radius 3 is 2.67 bits per heavy atom. The van der Waals surface area contributed by atoms with Crippen LogP contribution in [0.2, 0.25) is 0 Å². The monoisotopic (exact) mass is 273 g/mol. The summed E-state index contributed by atoms with van der Waals surface area (Å²) in [6.45, 7) is 1.14. The summed E-state index contributed by atoms with van der Waals surface area (Å²) in [6, 6.07) is 0. The topological polar surface area (TPSA) is 75.6 Å². The molecule has 0 bridgehead atoms. The zero-order chi connectivity index (χ0) is 13.0. The highest BCUT2D eigenvalue weighted by Gasteiger charge is 2.41. The van der Waals surface area contributed by atoms with Crippen molar-refractivity contribution >= 4 is 23.6 Å². The van der Waals surface area contributed by atoms with Crippen molar-refractivity contribution in [2.45, 2.75) is 30.9 Å². The summed E-state index contributed by atoms with van der Waals surface area (Å²) in [5, 5.41) is 12.2. The highest BCUT2D eigenvalue weighted by molar-refractivity contribution is 8.00. The fourth-order valence-electron chi connectivity index (χ4n) is 2.38. The minimum atomic E-state index is -0.836. The summed E-state index contributed by atoms with van der Waals surface area (Å²) < 4.78 is 5.20. The molecule has 2 aliphatic heterocycles. The third-order valence-corrected chi connectivity index (χ3v) is 5.10. The highest BCUT2D eigenvalue weighted by atomic mass is 32.2. The largest absolute Gasteiger partial charge is 0.481 e. The van der Waals surface area contributed by atoms with Gasteiger partial charge in [-0.2, -0.15) is 0 Å². The minimum absolute atomic E-state index is 0.00961. The molecule has 0 aromatic carbocycles. The zero-order valence-corrected chi connectivity index (χ0v) is 11.1.